The van der Waals surface area contributed by atoms with Gasteiger partial charge in [0.2, 0.25) is 5.91 Å². The van der Waals surface area contributed by atoms with Crippen molar-refractivity contribution >= 4 is 35.0 Å². The molecule has 1 fully saturated rings. The monoisotopic (exact) mass is 420 g/mol. The van der Waals surface area contributed by atoms with E-state index in [4.69, 9.17) is 27.9 Å². The lowest BCUT2D eigenvalue weighted by molar-refractivity contribution is -0.132. The number of para-hydroxylation sites is 1. The summed E-state index contributed by atoms with van der Waals surface area (Å²) in [7, 11) is 0. The molecule has 2 aromatic rings. The van der Waals surface area contributed by atoms with Gasteiger partial charge in [-0.15, -0.1) is 0 Å². The highest BCUT2D eigenvalue weighted by Crippen LogP contribution is 2.21. The maximum Gasteiger partial charge on any atom is 0.253 e. The first-order chi connectivity index (χ1) is 13.5. The van der Waals surface area contributed by atoms with E-state index >= 15 is 0 Å². The maximum atomic E-state index is 12.4. The van der Waals surface area contributed by atoms with Gasteiger partial charge >= 0.3 is 0 Å². The fraction of sp³-hybridized carbons (Fsp3) is 0.333. The van der Waals surface area contributed by atoms with Gasteiger partial charge in [0.05, 0.1) is 23.6 Å². The van der Waals surface area contributed by atoms with Gasteiger partial charge in [-0.25, -0.2) is 0 Å². The maximum absolute atomic E-state index is 12.4. The predicted octanol–water partition coefficient (Wildman–Crippen LogP) is 4.18. The Morgan fingerprint density at radius 1 is 1.07 bits per heavy atom. The van der Waals surface area contributed by atoms with Crippen molar-refractivity contribution in [3.8, 4) is 5.75 Å². The van der Waals surface area contributed by atoms with Gasteiger partial charge in [-0.3, -0.25) is 9.59 Å². The minimum Gasteiger partial charge on any atom is -0.493 e. The normalized spacial score (nSPS) is 14.6. The third kappa shape index (κ3) is 5.63. The molecule has 0 unspecified atom stereocenters. The van der Waals surface area contributed by atoms with Crippen LogP contribution in [-0.4, -0.2) is 42.5 Å². The van der Waals surface area contributed by atoms with Crippen LogP contribution in [0, 0.1) is 0 Å². The molecule has 0 saturated carbocycles. The van der Waals surface area contributed by atoms with Gasteiger partial charge < -0.3 is 15.0 Å². The molecule has 7 heteroatoms. The quantitative estimate of drug-likeness (QED) is 0.761. The van der Waals surface area contributed by atoms with Crippen molar-refractivity contribution in [3.05, 3.63) is 64.1 Å². The number of nitrogens with one attached hydrogen (secondary N) is 1. The molecule has 3 rings (SSSR count). The van der Waals surface area contributed by atoms with Crippen LogP contribution in [0.25, 0.3) is 0 Å². The standard InChI is InChI=1S/C21H22Cl2N2O3/c22-15-6-7-18(19(23)14-15)21(27)24-16-8-11-25(12-9-16)20(26)10-13-28-17-4-2-1-3-5-17/h1-7,14,16H,8-13H2,(H,24,27). The molecule has 0 spiro atoms. The van der Waals surface area contributed by atoms with E-state index in [1.165, 1.54) is 0 Å². The Balaban J connectivity index is 1.41. The average molecular weight is 421 g/mol. The summed E-state index contributed by atoms with van der Waals surface area (Å²) in [6.45, 7) is 1.58. The molecule has 1 N–H and O–H groups in total. The average Bonchev–Trinajstić information content (AvgIpc) is 2.69. The second-order valence-electron chi connectivity index (χ2n) is 6.66. The molecule has 1 aliphatic heterocycles. The van der Waals surface area contributed by atoms with Gasteiger partial charge in [-0.2, -0.15) is 0 Å². The number of rotatable bonds is 6. The molecule has 0 atom stereocenters. The molecule has 28 heavy (non-hydrogen) atoms. The number of benzene rings is 2. The molecule has 2 amide bonds. The first-order valence-electron chi connectivity index (χ1n) is 9.24. The highest BCUT2D eigenvalue weighted by Gasteiger charge is 2.24. The SMILES string of the molecule is O=C(NC1CCN(C(=O)CCOc2ccccc2)CC1)c1ccc(Cl)cc1Cl. The number of amides is 2. The van der Waals surface area contributed by atoms with E-state index in [2.05, 4.69) is 5.32 Å². The van der Waals surface area contributed by atoms with Gasteiger partial charge in [-0.1, -0.05) is 41.4 Å². The molecule has 0 bridgehead atoms. The lowest BCUT2D eigenvalue weighted by Gasteiger charge is -2.32. The smallest absolute Gasteiger partial charge is 0.253 e. The number of hydrogen-bond acceptors (Lipinski definition) is 3. The number of halogens is 2. The summed E-state index contributed by atoms with van der Waals surface area (Å²) >= 11 is 12.0. The van der Waals surface area contributed by atoms with E-state index in [9.17, 15) is 9.59 Å². The van der Waals surface area contributed by atoms with Gasteiger partial charge in [0.1, 0.15) is 5.75 Å². The minimum absolute atomic E-state index is 0.0175. The van der Waals surface area contributed by atoms with Crippen LogP contribution in [-0.2, 0) is 4.79 Å². The molecule has 1 aliphatic rings. The number of ether oxygens (including phenoxy) is 1. The summed E-state index contributed by atoms with van der Waals surface area (Å²) in [6, 6.07) is 14.3. The third-order valence-corrected chi connectivity index (χ3v) is 5.23. The van der Waals surface area contributed by atoms with Gasteiger partial charge in [0, 0.05) is 24.2 Å². The third-order valence-electron chi connectivity index (χ3n) is 4.69. The van der Waals surface area contributed by atoms with Crippen molar-refractivity contribution in [2.24, 2.45) is 0 Å². The Morgan fingerprint density at radius 3 is 2.46 bits per heavy atom. The van der Waals surface area contributed by atoms with Crippen molar-refractivity contribution in [2.45, 2.75) is 25.3 Å². The van der Waals surface area contributed by atoms with Crippen molar-refractivity contribution < 1.29 is 14.3 Å². The van der Waals surface area contributed by atoms with E-state index in [1.54, 1.807) is 18.2 Å². The van der Waals surface area contributed by atoms with Crippen LogP contribution in [0.1, 0.15) is 29.6 Å². The topological polar surface area (TPSA) is 58.6 Å². The summed E-state index contributed by atoms with van der Waals surface area (Å²) in [5, 5.41) is 3.81. The molecular weight excluding hydrogens is 399 g/mol. The lowest BCUT2D eigenvalue weighted by atomic mass is 10.0. The molecule has 2 aromatic carbocycles. The number of piperidine rings is 1. The first kappa shape index (κ1) is 20.5. The molecular formula is C21H22Cl2N2O3. The summed E-state index contributed by atoms with van der Waals surface area (Å²) < 4.78 is 5.58. The highest BCUT2D eigenvalue weighted by atomic mass is 35.5. The Hall–Kier alpha value is -2.24. The zero-order valence-electron chi connectivity index (χ0n) is 15.4. The predicted molar refractivity (Wildman–Crippen MR) is 110 cm³/mol. The van der Waals surface area contributed by atoms with E-state index in [-0.39, 0.29) is 17.9 Å². The molecule has 148 valence electrons. The van der Waals surface area contributed by atoms with Crippen molar-refractivity contribution in [1.82, 2.24) is 10.2 Å². The lowest BCUT2D eigenvalue weighted by Crippen LogP contribution is -2.46. The Morgan fingerprint density at radius 2 is 1.79 bits per heavy atom. The van der Waals surface area contributed by atoms with Crippen molar-refractivity contribution in [1.29, 1.82) is 0 Å². The van der Waals surface area contributed by atoms with Crippen LogP contribution in [0.5, 0.6) is 5.75 Å². The fourth-order valence-electron chi connectivity index (χ4n) is 3.14. The zero-order chi connectivity index (χ0) is 19.9. The molecule has 0 aliphatic carbocycles. The van der Waals surface area contributed by atoms with E-state index in [1.807, 2.05) is 35.2 Å². The fourth-order valence-corrected chi connectivity index (χ4v) is 3.64. The van der Waals surface area contributed by atoms with Gasteiger partial charge in [0.25, 0.3) is 5.91 Å². The summed E-state index contributed by atoms with van der Waals surface area (Å²) in [5.74, 6) is 0.613. The van der Waals surface area contributed by atoms with Crippen LogP contribution in [0.2, 0.25) is 10.0 Å². The number of nitrogens with zero attached hydrogens (tertiary/aromatic N) is 1. The number of likely N-dealkylation sites (tertiary alicyclic amines) is 1. The van der Waals surface area contributed by atoms with Crippen LogP contribution >= 0.6 is 23.2 Å². The van der Waals surface area contributed by atoms with E-state index in [0.717, 1.165) is 5.75 Å². The molecule has 0 radical (unpaired) electrons. The van der Waals surface area contributed by atoms with Crippen LogP contribution in [0.3, 0.4) is 0 Å². The van der Waals surface area contributed by atoms with Crippen molar-refractivity contribution in [3.63, 3.8) is 0 Å². The molecule has 5 nitrogen and oxygen atoms in total. The Labute approximate surface area is 174 Å². The second-order valence-corrected chi connectivity index (χ2v) is 7.51. The zero-order valence-corrected chi connectivity index (χ0v) is 16.9. The summed E-state index contributed by atoms with van der Waals surface area (Å²) in [5.41, 5.74) is 0.405. The van der Waals surface area contributed by atoms with Crippen molar-refractivity contribution in [2.75, 3.05) is 19.7 Å². The highest BCUT2D eigenvalue weighted by molar-refractivity contribution is 6.36. The summed E-state index contributed by atoms with van der Waals surface area (Å²) in [4.78, 5) is 26.6. The second kappa shape index (κ2) is 9.80. The molecule has 0 aromatic heterocycles. The number of carbonyl (C=O) groups is 2. The Kier molecular flexibility index (Phi) is 7.18. The first-order valence-corrected chi connectivity index (χ1v) is 10.00. The molecule has 1 heterocycles. The largest absolute Gasteiger partial charge is 0.493 e. The minimum atomic E-state index is -0.220. The van der Waals surface area contributed by atoms with Crippen LogP contribution in [0.4, 0.5) is 0 Å². The number of hydrogen-bond donors (Lipinski definition) is 1. The van der Waals surface area contributed by atoms with Gasteiger partial charge in [0.15, 0.2) is 0 Å². The van der Waals surface area contributed by atoms with Gasteiger partial charge in [-0.05, 0) is 43.2 Å². The summed E-state index contributed by atoms with van der Waals surface area (Å²) in [6.07, 6.45) is 1.76. The van der Waals surface area contributed by atoms with Crippen LogP contribution < -0.4 is 10.1 Å². The molecule has 1 saturated heterocycles. The van der Waals surface area contributed by atoms with E-state index < -0.39 is 0 Å². The number of carbonyl (C=O) groups excluding carboxylic acids is 2. The van der Waals surface area contributed by atoms with E-state index in [0.29, 0.717) is 54.6 Å². The Bertz CT molecular complexity index is 822. The van der Waals surface area contributed by atoms with Crippen LogP contribution in [0.15, 0.2) is 48.5 Å².